The summed E-state index contributed by atoms with van der Waals surface area (Å²) in [5, 5.41) is 15.9. The molecule has 0 bridgehead atoms. The summed E-state index contributed by atoms with van der Waals surface area (Å²) >= 11 is 0. The molecule has 3 aromatic heterocycles. The Bertz CT molecular complexity index is 2610. The highest BCUT2D eigenvalue weighted by atomic mass is 32.2. The molecule has 5 heterocycles. The molecule has 16 heteroatoms. The van der Waals surface area contributed by atoms with Gasteiger partial charge in [0.15, 0.2) is 0 Å². The van der Waals surface area contributed by atoms with Gasteiger partial charge in [0, 0.05) is 61.6 Å². The van der Waals surface area contributed by atoms with Gasteiger partial charge in [0.2, 0.25) is 5.82 Å². The van der Waals surface area contributed by atoms with Crippen molar-refractivity contribution in [1.82, 2.24) is 24.6 Å². The van der Waals surface area contributed by atoms with Crippen LogP contribution in [-0.4, -0.2) is 84.5 Å². The maximum atomic E-state index is 13.9. The van der Waals surface area contributed by atoms with Crippen molar-refractivity contribution in [2.75, 3.05) is 49.6 Å². The molecule has 1 spiro atoms. The Labute approximate surface area is 367 Å². The lowest BCUT2D eigenvalue weighted by Gasteiger charge is -2.57. The Morgan fingerprint density at radius 2 is 1.75 bits per heavy atom. The van der Waals surface area contributed by atoms with Crippen LogP contribution in [0.3, 0.4) is 0 Å². The molecule has 10 rings (SSSR count). The van der Waals surface area contributed by atoms with Gasteiger partial charge in [-0.1, -0.05) is 43.5 Å². The van der Waals surface area contributed by atoms with E-state index >= 15 is 0 Å². The van der Waals surface area contributed by atoms with Crippen molar-refractivity contribution in [3.8, 4) is 11.5 Å². The van der Waals surface area contributed by atoms with Crippen LogP contribution in [0.2, 0.25) is 0 Å². The van der Waals surface area contributed by atoms with Crippen LogP contribution in [0, 0.1) is 21.4 Å². The smallest absolute Gasteiger partial charge is 0.312 e. The van der Waals surface area contributed by atoms with Crippen molar-refractivity contribution in [2.45, 2.75) is 93.5 Å². The van der Waals surface area contributed by atoms with E-state index in [0.29, 0.717) is 41.9 Å². The highest BCUT2D eigenvalue weighted by molar-refractivity contribution is 7.90. The molecule has 2 aromatic carbocycles. The number of carbonyl (C=O) groups excluding carboxylic acids is 1. The third kappa shape index (κ3) is 8.72. The number of nitro groups is 1. The Kier molecular flexibility index (Phi) is 11.3. The molecule has 0 unspecified atom stereocenters. The first kappa shape index (κ1) is 41.4. The number of nitrogens with zero attached hydrogens (tertiary/aromatic N) is 5. The second kappa shape index (κ2) is 17.2. The first-order valence-electron chi connectivity index (χ1n) is 22.5. The molecule has 15 nitrogen and oxygen atoms in total. The summed E-state index contributed by atoms with van der Waals surface area (Å²) < 4.78 is 41.9. The number of sulfonamides is 1. The number of hydrogen-bond donors (Lipinski definition) is 3. The number of fused-ring (bicyclic) bond motifs is 1. The predicted octanol–water partition coefficient (Wildman–Crippen LogP) is 8.47. The fourth-order valence-corrected chi connectivity index (χ4v) is 11.5. The molecule has 5 aliphatic rings. The SMILES string of the molecule is O=C(NS(=O)(=O)c1cnc(NCC2CCCCC2)c([N+](=O)[O-])c1)c1ccc(N2CCC3(CC2)CC(N2CCOC[C@@H]2c2ccccc2C2CC2)C3)cc1Oc1cnc2[nH]ccc2c1. The monoisotopic (exact) mass is 874 g/mol. The fraction of sp³-hybridized carbons (Fsp3) is 0.468. The molecule has 63 heavy (non-hydrogen) atoms. The van der Waals surface area contributed by atoms with Crippen LogP contribution in [-0.2, 0) is 14.8 Å². The molecule has 3 N–H and O–H groups in total. The Morgan fingerprint density at radius 1 is 0.952 bits per heavy atom. The van der Waals surface area contributed by atoms with Crippen molar-refractivity contribution < 1.29 is 27.6 Å². The number of rotatable bonds is 13. The number of piperidine rings is 1. The van der Waals surface area contributed by atoms with Gasteiger partial charge in [0.05, 0.1) is 42.1 Å². The van der Waals surface area contributed by atoms with Gasteiger partial charge in [0.1, 0.15) is 22.0 Å². The van der Waals surface area contributed by atoms with Crippen LogP contribution >= 0.6 is 0 Å². The first-order valence-corrected chi connectivity index (χ1v) is 24.0. The minimum atomic E-state index is -4.59. The molecule has 5 aromatic rings. The molecule has 2 saturated heterocycles. The van der Waals surface area contributed by atoms with Gasteiger partial charge in [-0.05, 0) is 104 Å². The van der Waals surface area contributed by atoms with E-state index in [9.17, 15) is 23.3 Å². The van der Waals surface area contributed by atoms with Crippen LogP contribution in [0.15, 0.2) is 84.1 Å². The minimum Gasteiger partial charge on any atom is -0.455 e. The number of pyridine rings is 2. The number of carbonyl (C=O) groups is 1. The van der Waals surface area contributed by atoms with Crippen molar-refractivity contribution in [2.24, 2.45) is 11.3 Å². The highest BCUT2D eigenvalue weighted by Gasteiger charge is 2.50. The molecule has 1 atom stereocenters. The van der Waals surface area contributed by atoms with Gasteiger partial charge in [-0.3, -0.25) is 19.8 Å². The largest absolute Gasteiger partial charge is 0.455 e. The summed E-state index contributed by atoms with van der Waals surface area (Å²) in [6.07, 6.45) is 16.8. The van der Waals surface area contributed by atoms with E-state index in [0.717, 1.165) is 108 Å². The van der Waals surface area contributed by atoms with Crippen molar-refractivity contribution >= 4 is 44.2 Å². The molecule has 3 saturated carbocycles. The standard InChI is InChI=1S/C47H54N8O7S/c56-46(52-63(59,60)37-24-41(55(57)58)45(51-29-37)49-27-31-6-2-1-3-7-31)40-13-12-34(23-43(40)62-36-22-33-14-17-48-44(33)50-28-36)53-18-15-47(16-19-53)25-35(26-47)54-20-21-61-30-42(54)39-9-5-4-8-38(39)32-10-11-32/h4-5,8-9,12-14,17,22-24,28-29,31-32,35,42H,1-3,6-7,10-11,15-16,18-21,25-27,30H2,(H,48,50)(H,49,51)(H,52,56)/t42-/m1/s1. The average Bonchev–Trinajstić information content (AvgIpc) is 4.04. The lowest BCUT2D eigenvalue weighted by molar-refractivity contribution is -0.384. The van der Waals surface area contributed by atoms with Gasteiger partial charge in [-0.2, -0.15) is 0 Å². The third-order valence-electron chi connectivity index (χ3n) is 14.2. The number of amides is 1. The van der Waals surface area contributed by atoms with Gasteiger partial charge in [-0.15, -0.1) is 0 Å². The number of aromatic amines is 1. The summed E-state index contributed by atoms with van der Waals surface area (Å²) in [4.78, 5) is 41.5. The normalized spacial score (nSPS) is 21.0. The second-order valence-corrected chi connectivity index (χ2v) is 19.9. The molecule has 1 amide bonds. The van der Waals surface area contributed by atoms with Crippen LogP contribution in [0.1, 0.15) is 104 Å². The quantitative estimate of drug-likeness (QED) is 0.0759. The zero-order valence-corrected chi connectivity index (χ0v) is 36.2. The Morgan fingerprint density at radius 3 is 2.52 bits per heavy atom. The zero-order chi connectivity index (χ0) is 43.1. The predicted molar refractivity (Wildman–Crippen MR) is 239 cm³/mol. The third-order valence-corrected chi connectivity index (χ3v) is 15.5. The zero-order valence-electron chi connectivity index (χ0n) is 35.3. The van der Waals surface area contributed by atoms with Gasteiger partial charge in [0.25, 0.3) is 15.9 Å². The molecule has 3 aliphatic carbocycles. The number of H-pyrrole nitrogens is 1. The summed E-state index contributed by atoms with van der Waals surface area (Å²) in [7, 11) is -4.59. The minimum absolute atomic E-state index is 0.00748. The fourth-order valence-electron chi connectivity index (χ4n) is 10.5. The summed E-state index contributed by atoms with van der Waals surface area (Å²) in [6.45, 7) is 4.63. The van der Waals surface area contributed by atoms with Crippen molar-refractivity contribution in [3.05, 3.63) is 106 Å². The van der Waals surface area contributed by atoms with Crippen molar-refractivity contribution in [1.29, 1.82) is 0 Å². The van der Waals surface area contributed by atoms with Crippen LogP contribution in [0.4, 0.5) is 17.2 Å². The lowest BCUT2D eigenvalue weighted by Crippen LogP contribution is -2.58. The molecular formula is C47H54N8O7S. The number of anilines is 2. The number of morpholine rings is 1. The average molecular weight is 875 g/mol. The molecule has 5 fully saturated rings. The van der Waals surface area contributed by atoms with Crippen molar-refractivity contribution in [3.63, 3.8) is 0 Å². The Balaban J connectivity index is 0.843. The van der Waals surface area contributed by atoms with E-state index < -0.39 is 31.4 Å². The van der Waals surface area contributed by atoms with E-state index in [1.807, 2.05) is 12.1 Å². The number of hydrogen-bond acceptors (Lipinski definition) is 12. The van der Waals surface area contributed by atoms with Crippen LogP contribution in [0.5, 0.6) is 11.5 Å². The Hall–Kier alpha value is -5.58. The first-order chi connectivity index (χ1) is 30.6. The van der Waals surface area contributed by atoms with E-state index in [4.69, 9.17) is 9.47 Å². The number of benzene rings is 2. The maximum Gasteiger partial charge on any atom is 0.312 e. The van der Waals surface area contributed by atoms with Crippen LogP contribution in [0.25, 0.3) is 11.0 Å². The number of ether oxygens (including phenoxy) is 2. The van der Waals surface area contributed by atoms with E-state index in [1.165, 1.54) is 30.4 Å². The topological polar surface area (TPSA) is 185 Å². The van der Waals surface area contributed by atoms with Gasteiger partial charge < -0.3 is 24.7 Å². The van der Waals surface area contributed by atoms with E-state index in [-0.39, 0.29) is 22.5 Å². The highest BCUT2D eigenvalue weighted by Crippen LogP contribution is 2.54. The summed E-state index contributed by atoms with van der Waals surface area (Å²) in [6, 6.07) is 19.5. The lowest BCUT2D eigenvalue weighted by atomic mass is 9.59. The summed E-state index contributed by atoms with van der Waals surface area (Å²) in [5.74, 6) is 0.612. The molecule has 330 valence electrons. The van der Waals surface area contributed by atoms with E-state index in [1.54, 1.807) is 30.6 Å². The number of aromatic nitrogens is 3. The van der Waals surface area contributed by atoms with Gasteiger partial charge >= 0.3 is 5.69 Å². The van der Waals surface area contributed by atoms with Crippen LogP contribution < -0.4 is 19.7 Å². The number of nitrogens with one attached hydrogen (secondary N) is 3. The maximum absolute atomic E-state index is 13.9. The molecule has 2 aliphatic heterocycles. The molecule has 0 radical (unpaired) electrons. The molecular weight excluding hydrogens is 821 g/mol. The second-order valence-electron chi connectivity index (χ2n) is 18.3. The summed E-state index contributed by atoms with van der Waals surface area (Å²) in [5.41, 5.74) is 4.24. The van der Waals surface area contributed by atoms with E-state index in [2.05, 4.69) is 59.1 Å². The van der Waals surface area contributed by atoms with Gasteiger partial charge in [-0.25, -0.2) is 23.1 Å².